The Morgan fingerprint density at radius 2 is 2.00 bits per heavy atom. The maximum atomic E-state index is 3.54. The molecule has 0 aromatic carbocycles. The van der Waals surface area contributed by atoms with Crippen LogP contribution in [0.1, 0.15) is 46.0 Å². The van der Waals surface area contributed by atoms with Gasteiger partial charge in [-0.2, -0.15) is 0 Å². The highest BCUT2D eigenvalue weighted by Gasteiger charge is 2.14. The fourth-order valence-corrected chi connectivity index (χ4v) is 1.98. The summed E-state index contributed by atoms with van der Waals surface area (Å²) in [4.78, 5) is 0. The molecular formula is C10H21N. The Hall–Kier alpha value is -0.0400. The molecule has 11 heavy (non-hydrogen) atoms. The van der Waals surface area contributed by atoms with Crippen molar-refractivity contribution >= 4 is 0 Å². The molecule has 2 atom stereocenters. The molecule has 0 heterocycles. The first-order chi connectivity index (χ1) is 5.33. The quantitative estimate of drug-likeness (QED) is 0.604. The summed E-state index contributed by atoms with van der Waals surface area (Å²) < 4.78 is 0. The van der Waals surface area contributed by atoms with Gasteiger partial charge in [0.05, 0.1) is 0 Å². The van der Waals surface area contributed by atoms with Gasteiger partial charge in [0.15, 0.2) is 0 Å². The predicted octanol–water partition coefficient (Wildman–Crippen LogP) is 2.56. The van der Waals surface area contributed by atoms with E-state index in [-0.39, 0.29) is 0 Å². The fraction of sp³-hybridized carbons (Fsp3) is 1.00. The summed E-state index contributed by atoms with van der Waals surface area (Å²) >= 11 is 0. The lowest BCUT2D eigenvalue weighted by atomic mass is 10.0. The number of rotatable bonds is 2. The van der Waals surface area contributed by atoms with E-state index in [9.17, 15) is 0 Å². The molecule has 1 saturated carbocycles. The molecule has 0 amide bonds. The summed E-state index contributed by atoms with van der Waals surface area (Å²) in [7, 11) is 0. The second-order valence-corrected chi connectivity index (χ2v) is 3.87. The van der Waals surface area contributed by atoms with Crippen LogP contribution in [0.15, 0.2) is 0 Å². The van der Waals surface area contributed by atoms with Crippen molar-refractivity contribution in [2.75, 3.05) is 6.54 Å². The average Bonchev–Trinajstić information content (AvgIpc) is 2.17. The van der Waals surface area contributed by atoms with Gasteiger partial charge in [-0.3, -0.25) is 0 Å². The van der Waals surface area contributed by atoms with E-state index in [0.29, 0.717) is 0 Å². The maximum Gasteiger partial charge on any atom is 0.00670 e. The lowest BCUT2D eigenvalue weighted by Crippen LogP contribution is -2.27. The Labute approximate surface area is 70.6 Å². The Morgan fingerprint density at radius 1 is 1.18 bits per heavy atom. The molecule has 1 rings (SSSR count). The van der Waals surface area contributed by atoms with Crippen molar-refractivity contribution in [2.24, 2.45) is 5.92 Å². The van der Waals surface area contributed by atoms with E-state index in [1.54, 1.807) is 0 Å². The van der Waals surface area contributed by atoms with Gasteiger partial charge >= 0.3 is 0 Å². The minimum Gasteiger partial charge on any atom is -0.314 e. The first kappa shape index (κ1) is 9.05. The number of hydrogen-bond acceptors (Lipinski definition) is 1. The standard InChI is InChI=1S/C10H21N/c1-3-11-10-6-4-5-9(2)7-8-10/h9-11H,3-8H2,1-2H3. The summed E-state index contributed by atoms with van der Waals surface area (Å²) in [5.41, 5.74) is 0. The molecule has 1 nitrogen and oxygen atoms in total. The Bertz CT molecular complexity index is 101. The zero-order valence-corrected chi connectivity index (χ0v) is 7.90. The fourth-order valence-electron chi connectivity index (χ4n) is 1.98. The molecule has 0 radical (unpaired) electrons. The van der Waals surface area contributed by atoms with Crippen LogP contribution in [0.2, 0.25) is 0 Å². The normalized spacial score (nSPS) is 33.3. The van der Waals surface area contributed by atoms with E-state index in [4.69, 9.17) is 0 Å². The first-order valence-electron chi connectivity index (χ1n) is 5.06. The van der Waals surface area contributed by atoms with E-state index in [0.717, 1.165) is 18.5 Å². The number of nitrogens with one attached hydrogen (secondary N) is 1. The second kappa shape index (κ2) is 4.76. The minimum atomic E-state index is 0.824. The van der Waals surface area contributed by atoms with Gasteiger partial charge in [-0.05, 0) is 31.7 Å². The van der Waals surface area contributed by atoms with Crippen LogP contribution >= 0.6 is 0 Å². The Kier molecular flexibility index (Phi) is 3.92. The van der Waals surface area contributed by atoms with E-state index in [2.05, 4.69) is 19.2 Å². The molecule has 0 saturated heterocycles. The molecule has 0 aromatic rings. The largest absolute Gasteiger partial charge is 0.314 e. The Morgan fingerprint density at radius 3 is 2.73 bits per heavy atom. The van der Waals surface area contributed by atoms with Crippen molar-refractivity contribution in [3.8, 4) is 0 Å². The van der Waals surface area contributed by atoms with Gasteiger partial charge in [0.1, 0.15) is 0 Å². The smallest absolute Gasteiger partial charge is 0.00670 e. The van der Waals surface area contributed by atoms with Crippen molar-refractivity contribution in [1.29, 1.82) is 0 Å². The van der Waals surface area contributed by atoms with Gasteiger partial charge in [-0.25, -0.2) is 0 Å². The summed E-state index contributed by atoms with van der Waals surface area (Å²) in [5, 5.41) is 3.54. The third-order valence-corrected chi connectivity index (χ3v) is 2.75. The van der Waals surface area contributed by atoms with Crippen molar-refractivity contribution in [2.45, 2.75) is 52.0 Å². The van der Waals surface area contributed by atoms with Crippen LogP contribution in [0.3, 0.4) is 0 Å². The van der Waals surface area contributed by atoms with Crippen molar-refractivity contribution in [1.82, 2.24) is 5.32 Å². The van der Waals surface area contributed by atoms with E-state index in [1.165, 1.54) is 32.1 Å². The molecule has 1 fully saturated rings. The lowest BCUT2D eigenvalue weighted by molar-refractivity contribution is 0.458. The highest BCUT2D eigenvalue weighted by Crippen LogP contribution is 2.22. The van der Waals surface area contributed by atoms with E-state index < -0.39 is 0 Å². The van der Waals surface area contributed by atoms with Crippen molar-refractivity contribution in [3.63, 3.8) is 0 Å². The van der Waals surface area contributed by atoms with Crippen molar-refractivity contribution in [3.05, 3.63) is 0 Å². The molecule has 2 unspecified atom stereocenters. The number of hydrogen-bond donors (Lipinski definition) is 1. The molecule has 1 aliphatic rings. The summed E-state index contributed by atoms with van der Waals surface area (Å²) in [6.07, 6.45) is 7.10. The second-order valence-electron chi connectivity index (χ2n) is 3.87. The van der Waals surface area contributed by atoms with Gasteiger partial charge in [0.25, 0.3) is 0 Å². The molecule has 0 aliphatic heterocycles. The monoisotopic (exact) mass is 155 g/mol. The minimum absolute atomic E-state index is 0.824. The van der Waals surface area contributed by atoms with Crippen LogP contribution in [-0.2, 0) is 0 Å². The zero-order chi connectivity index (χ0) is 8.10. The van der Waals surface area contributed by atoms with Crippen molar-refractivity contribution < 1.29 is 0 Å². The van der Waals surface area contributed by atoms with E-state index >= 15 is 0 Å². The van der Waals surface area contributed by atoms with Crippen LogP contribution in [-0.4, -0.2) is 12.6 Å². The molecule has 0 aromatic heterocycles. The third-order valence-electron chi connectivity index (χ3n) is 2.75. The summed E-state index contributed by atoms with van der Waals surface area (Å²) in [6, 6.07) is 0.824. The lowest BCUT2D eigenvalue weighted by Gasteiger charge is -2.14. The zero-order valence-electron chi connectivity index (χ0n) is 7.90. The van der Waals surface area contributed by atoms with Crippen LogP contribution in [0.25, 0.3) is 0 Å². The topological polar surface area (TPSA) is 12.0 Å². The predicted molar refractivity (Wildman–Crippen MR) is 49.7 cm³/mol. The molecular weight excluding hydrogens is 134 g/mol. The van der Waals surface area contributed by atoms with Gasteiger partial charge < -0.3 is 5.32 Å². The van der Waals surface area contributed by atoms with Gasteiger partial charge in [0.2, 0.25) is 0 Å². The third kappa shape index (κ3) is 3.24. The maximum absolute atomic E-state index is 3.54. The summed E-state index contributed by atoms with van der Waals surface area (Å²) in [5.74, 6) is 0.971. The van der Waals surface area contributed by atoms with Gasteiger partial charge in [-0.1, -0.05) is 26.7 Å². The highest BCUT2D eigenvalue weighted by atomic mass is 14.9. The van der Waals surface area contributed by atoms with Gasteiger partial charge in [0, 0.05) is 6.04 Å². The van der Waals surface area contributed by atoms with E-state index in [1.807, 2.05) is 0 Å². The van der Waals surface area contributed by atoms with Crippen LogP contribution in [0.4, 0.5) is 0 Å². The summed E-state index contributed by atoms with van der Waals surface area (Å²) in [6.45, 7) is 5.72. The molecule has 0 bridgehead atoms. The molecule has 1 aliphatic carbocycles. The molecule has 1 N–H and O–H groups in total. The van der Waals surface area contributed by atoms with Crippen LogP contribution in [0.5, 0.6) is 0 Å². The van der Waals surface area contributed by atoms with Crippen LogP contribution < -0.4 is 5.32 Å². The van der Waals surface area contributed by atoms with Crippen LogP contribution in [0, 0.1) is 5.92 Å². The highest BCUT2D eigenvalue weighted by molar-refractivity contribution is 4.72. The first-order valence-corrected chi connectivity index (χ1v) is 5.06. The molecule has 0 spiro atoms. The SMILES string of the molecule is CCNC1CCCC(C)CC1. The Balaban J connectivity index is 2.22. The average molecular weight is 155 g/mol. The molecule has 1 heteroatoms. The molecule has 66 valence electrons. The van der Waals surface area contributed by atoms with Gasteiger partial charge in [-0.15, -0.1) is 0 Å².